The van der Waals surface area contributed by atoms with Gasteiger partial charge in [-0.3, -0.25) is 9.78 Å². The van der Waals surface area contributed by atoms with Crippen LogP contribution in [0.2, 0.25) is 5.28 Å². The number of imidazole rings is 1. The van der Waals surface area contributed by atoms with Gasteiger partial charge in [0.05, 0.1) is 17.9 Å². The summed E-state index contributed by atoms with van der Waals surface area (Å²) >= 11 is 5.90. The standard InChI is InChI=1S/C19H17ClF2N6O/c1-10-6-24-19(20)26-15(10)14-9-27-7-11(2)28(18(29)17(27)25-14)8-13-5-12(16(21)22)3-4-23-13/h3-6,9,11,16H,7-8H2,1-2H3/t11-/m0/s1. The summed E-state index contributed by atoms with van der Waals surface area (Å²) in [5.41, 5.74) is 2.16. The molecule has 0 radical (unpaired) electrons. The number of fused-ring (bicyclic) bond motifs is 1. The van der Waals surface area contributed by atoms with E-state index in [9.17, 15) is 13.6 Å². The highest BCUT2D eigenvalue weighted by atomic mass is 35.5. The number of rotatable bonds is 4. The average Bonchev–Trinajstić information content (AvgIpc) is 3.11. The van der Waals surface area contributed by atoms with Crippen LogP contribution in [0.1, 0.15) is 40.8 Å². The lowest BCUT2D eigenvalue weighted by molar-refractivity contribution is 0.0584. The van der Waals surface area contributed by atoms with E-state index < -0.39 is 6.43 Å². The number of aryl methyl sites for hydroxylation is 1. The highest BCUT2D eigenvalue weighted by Crippen LogP contribution is 2.26. The molecule has 0 saturated carbocycles. The van der Waals surface area contributed by atoms with Crippen LogP contribution in [0.4, 0.5) is 8.78 Å². The van der Waals surface area contributed by atoms with Gasteiger partial charge in [-0.15, -0.1) is 0 Å². The zero-order valence-electron chi connectivity index (χ0n) is 15.7. The van der Waals surface area contributed by atoms with E-state index in [-0.39, 0.29) is 35.2 Å². The number of carbonyl (C=O) groups excluding carboxylic acids is 1. The number of nitrogens with zero attached hydrogens (tertiary/aromatic N) is 6. The molecule has 0 fully saturated rings. The summed E-state index contributed by atoms with van der Waals surface area (Å²) in [6.45, 7) is 4.37. The van der Waals surface area contributed by atoms with Crippen molar-refractivity contribution in [3.63, 3.8) is 0 Å². The summed E-state index contributed by atoms with van der Waals surface area (Å²) in [5.74, 6) is -0.0331. The molecule has 0 spiro atoms. The molecule has 0 saturated heterocycles. The molecule has 1 atom stereocenters. The number of carbonyl (C=O) groups is 1. The molecule has 0 bridgehead atoms. The molecule has 1 aliphatic heterocycles. The van der Waals surface area contributed by atoms with Crippen LogP contribution in [-0.4, -0.2) is 41.4 Å². The molecule has 150 valence electrons. The quantitative estimate of drug-likeness (QED) is 0.604. The fourth-order valence-electron chi connectivity index (χ4n) is 3.35. The number of hydrogen-bond acceptors (Lipinski definition) is 5. The first kappa shape index (κ1) is 19.4. The van der Waals surface area contributed by atoms with Crippen molar-refractivity contribution in [3.05, 3.63) is 58.7 Å². The van der Waals surface area contributed by atoms with Gasteiger partial charge in [0.25, 0.3) is 12.3 Å². The lowest BCUT2D eigenvalue weighted by atomic mass is 10.1. The molecule has 0 aromatic carbocycles. The predicted octanol–water partition coefficient (Wildman–Crippen LogP) is 3.68. The first-order valence-corrected chi connectivity index (χ1v) is 9.32. The van der Waals surface area contributed by atoms with Gasteiger partial charge in [-0.05, 0) is 43.1 Å². The number of aromatic nitrogens is 5. The lowest BCUT2D eigenvalue weighted by Crippen LogP contribution is -2.46. The smallest absolute Gasteiger partial charge is 0.290 e. The van der Waals surface area contributed by atoms with Crippen molar-refractivity contribution in [2.75, 3.05) is 0 Å². The minimum absolute atomic E-state index is 0.0999. The van der Waals surface area contributed by atoms with Gasteiger partial charge in [-0.2, -0.15) is 0 Å². The van der Waals surface area contributed by atoms with Crippen LogP contribution in [0.3, 0.4) is 0 Å². The zero-order valence-corrected chi connectivity index (χ0v) is 16.4. The maximum Gasteiger partial charge on any atom is 0.290 e. The van der Waals surface area contributed by atoms with E-state index in [4.69, 9.17) is 11.6 Å². The average molecular weight is 419 g/mol. The fraction of sp³-hybridized carbons (Fsp3) is 0.316. The Balaban J connectivity index is 1.64. The third-order valence-electron chi connectivity index (χ3n) is 4.83. The van der Waals surface area contributed by atoms with Crippen molar-refractivity contribution in [3.8, 4) is 11.4 Å². The molecule has 0 N–H and O–H groups in total. The Morgan fingerprint density at radius 1 is 1.31 bits per heavy atom. The van der Waals surface area contributed by atoms with Crippen LogP contribution in [-0.2, 0) is 13.1 Å². The SMILES string of the molecule is Cc1cnc(Cl)nc1-c1cn2c(n1)C(=O)N(Cc1cc(C(F)F)ccn1)[C@@H](C)C2. The van der Waals surface area contributed by atoms with Gasteiger partial charge in [0.1, 0.15) is 5.69 Å². The van der Waals surface area contributed by atoms with Gasteiger partial charge in [0.15, 0.2) is 5.82 Å². The summed E-state index contributed by atoms with van der Waals surface area (Å²) in [5, 5.41) is 0.0999. The minimum Gasteiger partial charge on any atom is -0.326 e. The Morgan fingerprint density at radius 2 is 2.10 bits per heavy atom. The van der Waals surface area contributed by atoms with Gasteiger partial charge < -0.3 is 9.47 Å². The molecule has 0 unspecified atom stereocenters. The van der Waals surface area contributed by atoms with Crippen LogP contribution in [0.25, 0.3) is 11.4 Å². The van der Waals surface area contributed by atoms with Gasteiger partial charge in [0.2, 0.25) is 5.28 Å². The van der Waals surface area contributed by atoms with E-state index in [2.05, 4.69) is 19.9 Å². The van der Waals surface area contributed by atoms with Crippen molar-refractivity contribution in [2.45, 2.75) is 39.4 Å². The Kier molecular flexibility index (Phi) is 4.99. The molecular weight excluding hydrogens is 402 g/mol. The zero-order chi connectivity index (χ0) is 20.7. The van der Waals surface area contributed by atoms with Crippen LogP contribution >= 0.6 is 11.6 Å². The molecule has 1 aliphatic rings. The minimum atomic E-state index is -2.59. The van der Waals surface area contributed by atoms with E-state index in [0.29, 0.717) is 23.6 Å². The first-order chi connectivity index (χ1) is 13.8. The molecule has 10 heteroatoms. The van der Waals surface area contributed by atoms with Crippen molar-refractivity contribution >= 4 is 17.5 Å². The van der Waals surface area contributed by atoms with E-state index in [1.807, 2.05) is 13.8 Å². The second kappa shape index (κ2) is 7.47. The molecule has 29 heavy (non-hydrogen) atoms. The monoisotopic (exact) mass is 418 g/mol. The third kappa shape index (κ3) is 3.69. The molecule has 3 aromatic heterocycles. The van der Waals surface area contributed by atoms with Crippen molar-refractivity contribution < 1.29 is 13.6 Å². The van der Waals surface area contributed by atoms with E-state index in [1.165, 1.54) is 18.3 Å². The molecule has 3 aromatic rings. The molecule has 7 nitrogen and oxygen atoms in total. The van der Waals surface area contributed by atoms with Gasteiger partial charge >= 0.3 is 0 Å². The van der Waals surface area contributed by atoms with E-state index >= 15 is 0 Å². The second-order valence-electron chi connectivity index (χ2n) is 6.94. The molecular formula is C19H17ClF2N6O. The van der Waals surface area contributed by atoms with Crippen LogP contribution in [0.5, 0.6) is 0 Å². The number of halogens is 3. The maximum absolute atomic E-state index is 13.1. The van der Waals surface area contributed by atoms with Crippen LogP contribution < -0.4 is 0 Å². The normalized spacial score (nSPS) is 16.4. The first-order valence-electron chi connectivity index (χ1n) is 8.94. The predicted molar refractivity (Wildman–Crippen MR) is 102 cm³/mol. The summed E-state index contributed by atoms with van der Waals surface area (Å²) < 4.78 is 27.7. The topological polar surface area (TPSA) is 76.8 Å². The van der Waals surface area contributed by atoms with E-state index in [0.717, 1.165) is 5.56 Å². The Labute approximate surface area is 170 Å². The van der Waals surface area contributed by atoms with Crippen LogP contribution in [0.15, 0.2) is 30.7 Å². The van der Waals surface area contributed by atoms with Gasteiger partial charge in [-0.25, -0.2) is 23.7 Å². The molecule has 0 aliphatic carbocycles. The van der Waals surface area contributed by atoms with Crippen molar-refractivity contribution in [1.29, 1.82) is 0 Å². The number of alkyl halides is 2. The number of amides is 1. The Bertz CT molecular complexity index is 1090. The van der Waals surface area contributed by atoms with Crippen molar-refractivity contribution in [2.24, 2.45) is 0 Å². The third-order valence-corrected chi connectivity index (χ3v) is 5.01. The fourth-order valence-corrected chi connectivity index (χ4v) is 3.49. The molecule has 4 heterocycles. The molecule has 1 amide bonds. The summed E-state index contributed by atoms with van der Waals surface area (Å²) in [7, 11) is 0. The number of hydrogen-bond donors (Lipinski definition) is 0. The summed E-state index contributed by atoms with van der Waals surface area (Å²) in [6, 6.07) is 2.43. The maximum atomic E-state index is 13.1. The van der Waals surface area contributed by atoms with Crippen LogP contribution in [0, 0.1) is 6.92 Å². The highest BCUT2D eigenvalue weighted by molar-refractivity contribution is 6.28. The molecule has 4 rings (SSSR count). The van der Waals surface area contributed by atoms with Gasteiger partial charge in [-0.1, -0.05) is 0 Å². The summed E-state index contributed by atoms with van der Waals surface area (Å²) in [6.07, 6.45) is 2.11. The summed E-state index contributed by atoms with van der Waals surface area (Å²) in [4.78, 5) is 31.4. The van der Waals surface area contributed by atoms with Crippen molar-refractivity contribution in [1.82, 2.24) is 29.4 Å². The largest absolute Gasteiger partial charge is 0.326 e. The van der Waals surface area contributed by atoms with E-state index in [1.54, 1.807) is 21.9 Å². The van der Waals surface area contributed by atoms with Gasteiger partial charge in [0, 0.05) is 36.7 Å². The Hall–Kier alpha value is -2.94. The highest BCUT2D eigenvalue weighted by Gasteiger charge is 2.32. The lowest BCUT2D eigenvalue weighted by Gasteiger charge is -2.33. The number of pyridine rings is 1. The second-order valence-corrected chi connectivity index (χ2v) is 7.27. The Morgan fingerprint density at radius 3 is 2.86 bits per heavy atom.